The number of benzene rings is 3. The van der Waals surface area contributed by atoms with Crippen molar-refractivity contribution >= 4 is 5.97 Å². The number of nitrogens with one attached hydrogen (secondary N) is 1. The number of alkyl halides is 3. The van der Waals surface area contributed by atoms with Gasteiger partial charge in [0.15, 0.2) is 5.69 Å². The van der Waals surface area contributed by atoms with Gasteiger partial charge in [-0.15, -0.1) is 0 Å². The van der Waals surface area contributed by atoms with Gasteiger partial charge in [0.2, 0.25) is 0 Å². The summed E-state index contributed by atoms with van der Waals surface area (Å²) in [5, 5.41) is 9.56. The van der Waals surface area contributed by atoms with Crippen LogP contribution in [0.4, 0.5) is 13.2 Å². The lowest BCUT2D eigenvalue weighted by molar-refractivity contribution is -0.139. The second-order valence-corrected chi connectivity index (χ2v) is 8.94. The maximum absolute atomic E-state index is 14.0. The number of carbonyl (C=O) groups excluding carboxylic acids is 1. The number of nitrogens with two attached hydrogens (primary N) is 1. The smallest absolute Gasteiger partial charge is 0.419 e. The lowest BCUT2D eigenvalue weighted by atomic mass is 10.0. The van der Waals surface area contributed by atoms with E-state index in [0.29, 0.717) is 5.56 Å². The van der Waals surface area contributed by atoms with E-state index >= 15 is 0 Å². The number of aliphatic hydroxyl groups is 1. The van der Waals surface area contributed by atoms with E-state index in [-0.39, 0.29) is 35.1 Å². The predicted octanol–water partition coefficient (Wildman–Crippen LogP) is 5.29. The number of hydrogen-bond donors (Lipinski definition) is 3. The Kier molecular flexibility index (Phi) is 7.56. The molecule has 4 aromatic rings. The van der Waals surface area contributed by atoms with Gasteiger partial charge in [-0.1, -0.05) is 54.6 Å². The molecule has 1 aromatic heterocycles. The number of esters is 1. The van der Waals surface area contributed by atoms with Crippen LogP contribution in [0, 0.1) is 0 Å². The summed E-state index contributed by atoms with van der Waals surface area (Å²) in [6.45, 7) is 0.855. The first kappa shape index (κ1) is 26.9. The van der Waals surface area contributed by atoms with E-state index in [1.54, 1.807) is 12.1 Å². The number of hydrogen-bond acceptors (Lipinski definition) is 6. The Morgan fingerprint density at radius 3 is 2.24 bits per heavy atom. The molecule has 0 fully saturated rings. The standard InChI is InChI=1S/C28H26F3N3O4/c1-27(32,16-35)26-33-23(24(34-26)25(36)37-2)20-12-13-22(21(14-20)28(29,30)31)38-15-17-8-10-19(11-9-17)18-6-4-3-5-7-18/h3-14,35H,15-16,32H2,1-2H3,(H,33,34)/t27-/m0/s1. The van der Waals surface area contributed by atoms with E-state index in [0.717, 1.165) is 24.3 Å². The van der Waals surface area contributed by atoms with Gasteiger partial charge in [0.1, 0.15) is 23.9 Å². The Labute approximate surface area is 217 Å². The van der Waals surface area contributed by atoms with Crippen molar-refractivity contribution in [1.29, 1.82) is 0 Å². The van der Waals surface area contributed by atoms with Crippen LogP contribution in [0.15, 0.2) is 72.8 Å². The Hall–Kier alpha value is -4.15. The Bertz CT molecular complexity index is 1420. The molecule has 7 nitrogen and oxygen atoms in total. The van der Waals surface area contributed by atoms with Crippen LogP contribution in [-0.4, -0.2) is 34.8 Å². The van der Waals surface area contributed by atoms with Gasteiger partial charge in [0.05, 0.1) is 24.8 Å². The summed E-state index contributed by atoms with van der Waals surface area (Å²) in [4.78, 5) is 19.2. The summed E-state index contributed by atoms with van der Waals surface area (Å²) < 4.78 is 52.4. The molecular weight excluding hydrogens is 499 g/mol. The van der Waals surface area contributed by atoms with Crippen LogP contribution in [0.1, 0.15) is 34.4 Å². The number of aromatic nitrogens is 2. The Balaban J connectivity index is 1.64. The highest BCUT2D eigenvalue weighted by atomic mass is 19.4. The molecule has 0 bridgehead atoms. The van der Waals surface area contributed by atoms with Crippen LogP contribution in [-0.2, 0) is 23.1 Å². The van der Waals surface area contributed by atoms with Gasteiger partial charge in [-0.3, -0.25) is 0 Å². The van der Waals surface area contributed by atoms with Crippen molar-refractivity contribution < 1.29 is 32.5 Å². The average Bonchev–Trinajstić information content (AvgIpc) is 3.38. The van der Waals surface area contributed by atoms with E-state index < -0.39 is 29.9 Å². The summed E-state index contributed by atoms with van der Waals surface area (Å²) in [5.41, 5.74) is 6.01. The molecule has 3 aromatic carbocycles. The highest BCUT2D eigenvalue weighted by Gasteiger charge is 2.36. The molecule has 38 heavy (non-hydrogen) atoms. The second kappa shape index (κ2) is 10.7. The first-order valence-electron chi connectivity index (χ1n) is 11.6. The molecule has 0 amide bonds. The number of methoxy groups -OCH3 is 1. The molecule has 0 aliphatic heterocycles. The maximum atomic E-state index is 14.0. The van der Waals surface area contributed by atoms with Gasteiger partial charge in [-0.25, -0.2) is 9.78 Å². The monoisotopic (exact) mass is 525 g/mol. The van der Waals surface area contributed by atoms with E-state index in [9.17, 15) is 23.1 Å². The third-order valence-electron chi connectivity index (χ3n) is 5.98. The van der Waals surface area contributed by atoms with E-state index in [4.69, 9.17) is 15.2 Å². The maximum Gasteiger partial charge on any atom is 0.419 e. The zero-order chi connectivity index (χ0) is 27.5. The van der Waals surface area contributed by atoms with Crippen LogP contribution < -0.4 is 10.5 Å². The summed E-state index contributed by atoms with van der Waals surface area (Å²) in [7, 11) is 1.13. The van der Waals surface area contributed by atoms with Crippen LogP contribution in [0.25, 0.3) is 22.4 Å². The molecule has 4 rings (SSSR count). The number of aliphatic hydroxyl groups excluding tert-OH is 1. The third kappa shape index (κ3) is 5.71. The molecule has 0 aliphatic carbocycles. The molecule has 1 atom stereocenters. The summed E-state index contributed by atoms with van der Waals surface area (Å²) in [6, 6.07) is 20.4. The van der Waals surface area contributed by atoms with Gasteiger partial charge >= 0.3 is 12.1 Å². The van der Waals surface area contributed by atoms with Crippen LogP contribution in [0.3, 0.4) is 0 Å². The Morgan fingerprint density at radius 1 is 1.00 bits per heavy atom. The fourth-order valence-electron chi connectivity index (χ4n) is 3.79. The number of H-pyrrole nitrogens is 1. The van der Waals surface area contributed by atoms with Crippen molar-refractivity contribution in [2.75, 3.05) is 13.7 Å². The second-order valence-electron chi connectivity index (χ2n) is 8.94. The zero-order valence-corrected chi connectivity index (χ0v) is 20.7. The highest BCUT2D eigenvalue weighted by molar-refractivity contribution is 5.94. The molecule has 1 heterocycles. The number of rotatable bonds is 8. The summed E-state index contributed by atoms with van der Waals surface area (Å²) >= 11 is 0. The van der Waals surface area contributed by atoms with Crippen molar-refractivity contribution in [2.45, 2.75) is 25.2 Å². The molecule has 198 valence electrons. The molecule has 0 unspecified atom stereocenters. The van der Waals surface area contributed by atoms with Gasteiger partial charge in [-0.2, -0.15) is 13.2 Å². The molecule has 10 heteroatoms. The molecular formula is C28H26F3N3O4. The van der Waals surface area contributed by atoms with E-state index in [1.165, 1.54) is 19.1 Å². The first-order chi connectivity index (χ1) is 18.0. The van der Waals surface area contributed by atoms with E-state index in [1.807, 2.05) is 42.5 Å². The quantitative estimate of drug-likeness (QED) is 0.270. The van der Waals surface area contributed by atoms with Crippen molar-refractivity contribution in [2.24, 2.45) is 5.73 Å². The molecule has 0 saturated heterocycles. The SMILES string of the molecule is COC(=O)c1[nH]c([C@@](C)(N)CO)nc1-c1ccc(OCc2ccc(-c3ccccc3)cc2)c(C(F)(F)F)c1. The summed E-state index contributed by atoms with van der Waals surface area (Å²) in [5.74, 6) is -1.20. The normalized spacial score (nSPS) is 13.1. The topological polar surface area (TPSA) is 110 Å². The fourth-order valence-corrected chi connectivity index (χ4v) is 3.79. The molecule has 0 saturated carbocycles. The van der Waals surface area contributed by atoms with Crippen molar-refractivity contribution in [3.63, 3.8) is 0 Å². The number of aromatic amines is 1. The number of carbonyl (C=O) groups is 1. The molecule has 0 spiro atoms. The fraction of sp³-hybridized carbons (Fsp3) is 0.214. The van der Waals surface area contributed by atoms with Gasteiger partial charge in [0, 0.05) is 5.56 Å². The average molecular weight is 526 g/mol. The van der Waals surface area contributed by atoms with Crippen molar-refractivity contribution in [1.82, 2.24) is 9.97 Å². The van der Waals surface area contributed by atoms with Gasteiger partial charge in [0.25, 0.3) is 0 Å². The van der Waals surface area contributed by atoms with Crippen molar-refractivity contribution in [3.05, 3.63) is 95.4 Å². The van der Waals surface area contributed by atoms with E-state index in [2.05, 4.69) is 9.97 Å². The lowest BCUT2D eigenvalue weighted by Gasteiger charge is -2.18. The molecule has 0 aliphatic rings. The lowest BCUT2D eigenvalue weighted by Crippen LogP contribution is -2.38. The highest BCUT2D eigenvalue weighted by Crippen LogP contribution is 2.40. The molecule has 4 N–H and O–H groups in total. The number of imidazole rings is 1. The third-order valence-corrected chi connectivity index (χ3v) is 5.98. The predicted molar refractivity (Wildman–Crippen MR) is 135 cm³/mol. The minimum absolute atomic E-state index is 0.00599. The molecule has 0 radical (unpaired) electrons. The minimum atomic E-state index is -4.75. The number of nitrogens with zero attached hydrogens (tertiary/aromatic N) is 1. The minimum Gasteiger partial charge on any atom is -0.488 e. The van der Waals surface area contributed by atoms with Crippen LogP contribution in [0.5, 0.6) is 5.75 Å². The first-order valence-corrected chi connectivity index (χ1v) is 11.6. The van der Waals surface area contributed by atoms with Crippen LogP contribution in [0.2, 0.25) is 0 Å². The largest absolute Gasteiger partial charge is 0.488 e. The Morgan fingerprint density at radius 2 is 1.63 bits per heavy atom. The zero-order valence-electron chi connectivity index (χ0n) is 20.7. The number of halogens is 3. The van der Waals surface area contributed by atoms with Gasteiger partial charge < -0.3 is 25.3 Å². The summed E-state index contributed by atoms with van der Waals surface area (Å²) in [6.07, 6.45) is -4.75. The van der Waals surface area contributed by atoms with Crippen LogP contribution >= 0.6 is 0 Å². The van der Waals surface area contributed by atoms with Crippen molar-refractivity contribution in [3.8, 4) is 28.1 Å². The number of ether oxygens (including phenoxy) is 2. The van der Waals surface area contributed by atoms with Gasteiger partial charge in [-0.05, 0) is 41.8 Å².